The van der Waals surface area contributed by atoms with E-state index >= 15 is 0 Å². The van der Waals surface area contributed by atoms with E-state index in [9.17, 15) is 4.79 Å². The standard InChI is InChI=1S/C11H13NOS/c1-3-4-5-6-12-11(13)10-8-14-7-9(10)2/h1,7-8H,4-6H2,2H3,(H,12,13). The molecule has 1 heterocycles. The summed E-state index contributed by atoms with van der Waals surface area (Å²) in [6, 6.07) is 0. The number of hydrogen-bond donors (Lipinski definition) is 1. The molecule has 2 nitrogen and oxygen atoms in total. The van der Waals surface area contributed by atoms with E-state index in [4.69, 9.17) is 6.42 Å². The van der Waals surface area contributed by atoms with E-state index in [1.807, 2.05) is 17.7 Å². The van der Waals surface area contributed by atoms with Crippen molar-refractivity contribution in [2.45, 2.75) is 19.8 Å². The number of carbonyl (C=O) groups is 1. The molecule has 0 saturated heterocycles. The summed E-state index contributed by atoms with van der Waals surface area (Å²) in [5, 5.41) is 6.67. The molecule has 0 fully saturated rings. The first kappa shape index (κ1) is 10.8. The molecule has 0 unspecified atom stereocenters. The molecule has 0 aliphatic rings. The van der Waals surface area contributed by atoms with Crippen LogP contribution in [0.4, 0.5) is 0 Å². The van der Waals surface area contributed by atoms with Crippen LogP contribution in [-0.2, 0) is 0 Å². The summed E-state index contributed by atoms with van der Waals surface area (Å²) < 4.78 is 0. The Balaban J connectivity index is 2.37. The largest absolute Gasteiger partial charge is 0.352 e. The van der Waals surface area contributed by atoms with Crippen LogP contribution in [0.2, 0.25) is 0 Å². The van der Waals surface area contributed by atoms with Gasteiger partial charge in [-0.2, -0.15) is 11.3 Å². The molecular weight excluding hydrogens is 194 g/mol. The maximum absolute atomic E-state index is 11.5. The van der Waals surface area contributed by atoms with Crippen molar-refractivity contribution < 1.29 is 4.79 Å². The lowest BCUT2D eigenvalue weighted by molar-refractivity contribution is 0.0953. The van der Waals surface area contributed by atoms with Crippen LogP contribution in [0.25, 0.3) is 0 Å². The van der Waals surface area contributed by atoms with E-state index in [-0.39, 0.29) is 5.91 Å². The molecule has 1 aromatic heterocycles. The lowest BCUT2D eigenvalue weighted by Gasteiger charge is -2.02. The monoisotopic (exact) mass is 207 g/mol. The Bertz CT molecular complexity index is 348. The van der Waals surface area contributed by atoms with Gasteiger partial charge in [0.05, 0.1) is 5.56 Å². The van der Waals surface area contributed by atoms with Crippen molar-refractivity contribution in [2.24, 2.45) is 0 Å². The van der Waals surface area contributed by atoms with Crippen molar-refractivity contribution in [1.82, 2.24) is 5.32 Å². The van der Waals surface area contributed by atoms with E-state index in [0.29, 0.717) is 13.0 Å². The van der Waals surface area contributed by atoms with Crippen LogP contribution < -0.4 is 5.32 Å². The second-order valence-corrected chi connectivity index (χ2v) is 3.78. The lowest BCUT2D eigenvalue weighted by atomic mass is 10.2. The number of aryl methyl sites for hydroxylation is 1. The molecule has 0 saturated carbocycles. The van der Waals surface area contributed by atoms with Gasteiger partial charge in [0.2, 0.25) is 0 Å². The van der Waals surface area contributed by atoms with Crippen LogP contribution in [0, 0.1) is 19.3 Å². The fraction of sp³-hybridized carbons (Fsp3) is 0.364. The molecule has 0 bridgehead atoms. The van der Waals surface area contributed by atoms with Gasteiger partial charge in [0.15, 0.2) is 0 Å². The molecule has 0 atom stereocenters. The summed E-state index contributed by atoms with van der Waals surface area (Å²) >= 11 is 1.55. The Morgan fingerprint density at radius 2 is 2.43 bits per heavy atom. The number of carbonyl (C=O) groups excluding carboxylic acids is 1. The highest BCUT2D eigenvalue weighted by atomic mass is 32.1. The molecule has 0 aliphatic carbocycles. The van der Waals surface area contributed by atoms with Gasteiger partial charge in [-0.05, 0) is 24.3 Å². The van der Waals surface area contributed by atoms with Crippen molar-refractivity contribution in [3.05, 3.63) is 21.9 Å². The van der Waals surface area contributed by atoms with E-state index in [2.05, 4.69) is 11.2 Å². The molecule has 14 heavy (non-hydrogen) atoms. The Labute approximate surface area is 88.3 Å². The van der Waals surface area contributed by atoms with Gasteiger partial charge in [0.1, 0.15) is 0 Å². The molecule has 0 aromatic carbocycles. The molecule has 0 spiro atoms. The van der Waals surface area contributed by atoms with Gasteiger partial charge in [-0.3, -0.25) is 4.79 Å². The molecule has 1 rings (SSSR count). The maximum atomic E-state index is 11.5. The summed E-state index contributed by atoms with van der Waals surface area (Å²) in [4.78, 5) is 11.5. The zero-order valence-electron chi connectivity index (χ0n) is 8.17. The van der Waals surface area contributed by atoms with E-state index in [1.54, 1.807) is 11.3 Å². The Morgan fingerprint density at radius 1 is 1.64 bits per heavy atom. The third kappa shape index (κ3) is 2.90. The quantitative estimate of drug-likeness (QED) is 0.595. The van der Waals surface area contributed by atoms with Crippen LogP contribution in [-0.4, -0.2) is 12.5 Å². The Morgan fingerprint density at radius 3 is 3.00 bits per heavy atom. The van der Waals surface area contributed by atoms with E-state index in [1.165, 1.54) is 0 Å². The number of terminal acetylenes is 1. The van der Waals surface area contributed by atoms with Gasteiger partial charge in [-0.15, -0.1) is 12.3 Å². The third-order valence-corrected chi connectivity index (χ3v) is 2.75. The highest BCUT2D eigenvalue weighted by Crippen LogP contribution is 2.12. The zero-order chi connectivity index (χ0) is 10.4. The first-order valence-corrected chi connectivity index (χ1v) is 5.44. The summed E-state index contributed by atoms with van der Waals surface area (Å²) in [6.07, 6.45) is 6.65. The average molecular weight is 207 g/mol. The summed E-state index contributed by atoms with van der Waals surface area (Å²) in [5.41, 5.74) is 1.81. The average Bonchev–Trinajstić information content (AvgIpc) is 2.59. The van der Waals surface area contributed by atoms with E-state index in [0.717, 1.165) is 17.5 Å². The Hall–Kier alpha value is -1.27. The predicted molar refractivity (Wildman–Crippen MR) is 59.5 cm³/mol. The summed E-state index contributed by atoms with van der Waals surface area (Å²) in [7, 11) is 0. The topological polar surface area (TPSA) is 29.1 Å². The first-order valence-electron chi connectivity index (χ1n) is 4.50. The fourth-order valence-corrected chi connectivity index (χ4v) is 1.91. The SMILES string of the molecule is C#CCCCNC(=O)c1cscc1C. The van der Waals surface area contributed by atoms with Gasteiger partial charge in [0.25, 0.3) is 5.91 Å². The van der Waals surface area contributed by atoms with Crippen LogP contribution >= 0.6 is 11.3 Å². The third-order valence-electron chi connectivity index (χ3n) is 1.88. The number of thiophene rings is 1. The summed E-state index contributed by atoms with van der Waals surface area (Å²) in [6.45, 7) is 2.59. The second kappa shape index (κ2) is 5.46. The van der Waals surface area contributed by atoms with Crippen LogP contribution in [0.3, 0.4) is 0 Å². The van der Waals surface area contributed by atoms with Gasteiger partial charge >= 0.3 is 0 Å². The molecule has 1 aromatic rings. The Kier molecular flexibility index (Phi) is 4.21. The summed E-state index contributed by atoms with van der Waals surface area (Å²) in [5.74, 6) is 2.54. The fourth-order valence-electron chi connectivity index (χ4n) is 1.08. The van der Waals surface area contributed by atoms with Crippen molar-refractivity contribution in [1.29, 1.82) is 0 Å². The van der Waals surface area contributed by atoms with Gasteiger partial charge < -0.3 is 5.32 Å². The van der Waals surface area contributed by atoms with Crippen molar-refractivity contribution in [3.63, 3.8) is 0 Å². The predicted octanol–water partition coefficient (Wildman–Crippen LogP) is 2.20. The second-order valence-electron chi connectivity index (χ2n) is 3.03. The van der Waals surface area contributed by atoms with E-state index < -0.39 is 0 Å². The zero-order valence-corrected chi connectivity index (χ0v) is 8.99. The number of rotatable bonds is 4. The van der Waals surface area contributed by atoms with Crippen molar-refractivity contribution in [2.75, 3.05) is 6.54 Å². The van der Waals surface area contributed by atoms with Crippen molar-refractivity contribution >= 4 is 17.2 Å². The normalized spacial score (nSPS) is 9.43. The van der Waals surface area contributed by atoms with Crippen molar-refractivity contribution in [3.8, 4) is 12.3 Å². The molecule has 74 valence electrons. The molecule has 1 amide bonds. The number of hydrogen-bond acceptors (Lipinski definition) is 2. The van der Waals surface area contributed by atoms with Crippen LogP contribution in [0.5, 0.6) is 0 Å². The maximum Gasteiger partial charge on any atom is 0.252 e. The number of nitrogens with one attached hydrogen (secondary N) is 1. The molecule has 1 N–H and O–H groups in total. The van der Waals surface area contributed by atoms with Crippen LogP contribution in [0.1, 0.15) is 28.8 Å². The highest BCUT2D eigenvalue weighted by Gasteiger charge is 2.07. The minimum atomic E-state index is 0.000714. The van der Waals surface area contributed by atoms with Gasteiger partial charge in [-0.25, -0.2) is 0 Å². The molecule has 0 radical (unpaired) electrons. The number of unbranched alkanes of at least 4 members (excludes halogenated alkanes) is 1. The van der Waals surface area contributed by atoms with Crippen LogP contribution in [0.15, 0.2) is 10.8 Å². The highest BCUT2D eigenvalue weighted by molar-refractivity contribution is 7.08. The number of amides is 1. The minimum Gasteiger partial charge on any atom is -0.352 e. The lowest BCUT2D eigenvalue weighted by Crippen LogP contribution is -2.24. The minimum absolute atomic E-state index is 0.000714. The molecular formula is C11H13NOS. The van der Waals surface area contributed by atoms with Gasteiger partial charge in [0, 0.05) is 18.3 Å². The molecule has 3 heteroatoms. The first-order chi connectivity index (χ1) is 6.75. The van der Waals surface area contributed by atoms with Gasteiger partial charge in [-0.1, -0.05) is 0 Å². The molecule has 0 aliphatic heterocycles. The smallest absolute Gasteiger partial charge is 0.252 e.